The molecule has 2 aromatic carbocycles. The summed E-state index contributed by atoms with van der Waals surface area (Å²) in [7, 11) is 0. The number of pyridine rings is 1. The van der Waals surface area contributed by atoms with E-state index in [-0.39, 0.29) is 31.6 Å². The summed E-state index contributed by atoms with van der Waals surface area (Å²) >= 11 is 1.79. The molecule has 1 radical (unpaired) electrons. The van der Waals surface area contributed by atoms with Crippen molar-refractivity contribution in [2.24, 2.45) is 0 Å². The summed E-state index contributed by atoms with van der Waals surface area (Å²) in [5, 5.41) is 9.61. The van der Waals surface area contributed by atoms with Crippen LogP contribution < -0.4 is 0 Å². The Morgan fingerprint density at radius 1 is 1.00 bits per heavy atom. The maximum absolute atomic E-state index is 10.0. The first-order valence-corrected chi connectivity index (χ1v) is 10.9. The second kappa shape index (κ2) is 11.3. The van der Waals surface area contributed by atoms with Gasteiger partial charge in [-0.05, 0) is 43.5 Å². The quantitative estimate of drug-likeness (QED) is 0.148. The fraction of sp³-hybridized carbons (Fsp3) is 0.185. The number of ketones is 1. The fourth-order valence-corrected chi connectivity index (χ4v) is 4.30. The fourth-order valence-electron chi connectivity index (χ4n) is 3.28. The summed E-state index contributed by atoms with van der Waals surface area (Å²) in [5.41, 5.74) is 7.00. The maximum Gasteiger partial charge on any atom is 0.155 e. The molecule has 4 aromatic rings. The number of rotatable bonds is 3. The van der Waals surface area contributed by atoms with E-state index < -0.39 is 0 Å². The van der Waals surface area contributed by atoms with Gasteiger partial charge in [-0.15, -0.1) is 46.2 Å². The van der Waals surface area contributed by atoms with Crippen molar-refractivity contribution in [2.45, 2.75) is 34.6 Å². The van der Waals surface area contributed by atoms with E-state index in [1.807, 2.05) is 6.20 Å². The molecule has 0 aliphatic heterocycles. The molecule has 2 aromatic heterocycles. The summed E-state index contributed by atoms with van der Waals surface area (Å²) in [5.74, 6) is -0.0625. The molecule has 0 atom stereocenters. The SMILES string of the molecule is CC(=O)/C=C(/C)O.Cc1[c-]c(-c2cc3cc(-c4ccc(C)cc4)sc3cn2)cc(C)c1.[Ir]. The minimum Gasteiger partial charge on any atom is -0.512 e. The van der Waals surface area contributed by atoms with Gasteiger partial charge in [0.2, 0.25) is 0 Å². The molecular formula is C27H26IrNO2S-. The van der Waals surface area contributed by atoms with Crippen molar-refractivity contribution in [1.29, 1.82) is 0 Å². The molecule has 0 fully saturated rings. The Balaban J connectivity index is 0.000000398. The molecule has 0 bridgehead atoms. The van der Waals surface area contributed by atoms with Crippen molar-refractivity contribution in [3.05, 3.63) is 89.3 Å². The van der Waals surface area contributed by atoms with Crippen LogP contribution >= 0.6 is 11.3 Å². The molecule has 0 spiro atoms. The van der Waals surface area contributed by atoms with Gasteiger partial charge in [0.05, 0.1) is 10.5 Å². The number of hydrogen-bond donors (Lipinski definition) is 1. The largest absolute Gasteiger partial charge is 0.512 e. The zero-order valence-electron chi connectivity index (χ0n) is 18.8. The van der Waals surface area contributed by atoms with E-state index in [1.54, 1.807) is 11.3 Å². The summed E-state index contributed by atoms with van der Waals surface area (Å²) in [4.78, 5) is 16.0. The van der Waals surface area contributed by atoms with Crippen molar-refractivity contribution < 1.29 is 30.0 Å². The normalized spacial score (nSPS) is 10.8. The average molecular weight is 621 g/mol. The number of aryl methyl sites for hydroxylation is 3. The third-order valence-corrected chi connectivity index (χ3v) is 5.71. The average Bonchev–Trinajstić information content (AvgIpc) is 3.10. The van der Waals surface area contributed by atoms with Crippen molar-refractivity contribution in [1.82, 2.24) is 4.98 Å². The van der Waals surface area contributed by atoms with Gasteiger partial charge in [0.1, 0.15) is 0 Å². The predicted molar refractivity (Wildman–Crippen MR) is 131 cm³/mol. The van der Waals surface area contributed by atoms with Crippen molar-refractivity contribution in [2.75, 3.05) is 0 Å². The molecule has 5 heteroatoms. The zero-order chi connectivity index (χ0) is 22.5. The predicted octanol–water partition coefficient (Wildman–Crippen LogP) is 7.39. The van der Waals surface area contributed by atoms with Crippen LogP contribution in [0.1, 0.15) is 30.5 Å². The Bertz CT molecular complexity index is 1230. The van der Waals surface area contributed by atoms with Gasteiger partial charge in [-0.2, -0.15) is 0 Å². The first kappa shape index (κ1) is 25.7. The molecule has 0 aliphatic rings. The molecule has 4 rings (SSSR count). The zero-order valence-corrected chi connectivity index (χ0v) is 22.0. The molecular weight excluding hydrogens is 595 g/mol. The van der Waals surface area contributed by atoms with E-state index in [4.69, 9.17) is 5.11 Å². The maximum atomic E-state index is 10.0. The number of aromatic nitrogens is 1. The molecule has 167 valence electrons. The van der Waals surface area contributed by atoms with Crippen LogP contribution in [0.3, 0.4) is 0 Å². The van der Waals surface area contributed by atoms with Gasteiger partial charge >= 0.3 is 0 Å². The Hall–Kier alpha value is -2.59. The van der Waals surface area contributed by atoms with E-state index in [0.29, 0.717) is 0 Å². The van der Waals surface area contributed by atoms with Gasteiger partial charge in [-0.1, -0.05) is 49.7 Å². The second-order valence-electron chi connectivity index (χ2n) is 7.73. The standard InChI is InChI=1S/C22H18NS.C5H8O2.Ir/c1-14-4-6-17(7-5-14)21-12-19-11-20(23-13-22(19)24-21)18-9-15(2)8-16(3)10-18;1-4(6)3-5(2)7;/h4-9,11-13H,1-3H3;3,6H,1-2H3;/q-1;;/b;4-3-;. The third-order valence-electron chi connectivity index (χ3n) is 4.58. The first-order valence-electron chi connectivity index (χ1n) is 10.1. The van der Waals surface area contributed by atoms with Crippen LogP contribution in [0, 0.1) is 26.8 Å². The Morgan fingerprint density at radius 2 is 1.69 bits per heavy atom. The number of thiophene rings is 1. The van der Waals surface area contributed by atoms with Gasteiger partial charge < -0.3 is 10.1 Å². The van der Waals surface area contributed by atoms with Crippen molar-refractivity contribution in [3.8, 4) is 21.7 Å². The monoisotopic (exact) mass is 621 g/mol. The van der Waals surface area contributed by atoms with Gasteiger partial charge in [-0.25, -0.2) is 0 Å². The van der Waals surface area contributed by atoms with Crippen LogP contribution in [0.25, 0.3) is 31.8 Å². The van der Waals surface area contributed by atoms with Crippen LogP contribution in [0.4, 0.5) is 0 Å². The Morgan fingerprint density at radius 3 is 2.25 bits per heavy atom. The van der Waals surface area contributed by atoms with Crippen LogP contribution in [0.5, 0.6) is 0 Å². The first-order chi connectivity index (χ1) is 14.7. The van der Waals surface area contributed by atoms with Crippen LogP contribution in [-0.4, -0.2) is 15.9 Å². The van der Waals surface area contributed by atoms with E-state index in [0.717, 1.165) is 16.8 Å². The Labute approximate surface area is 207 Å². The van der Waals surface area contributed by atoms with Gasteiger partial charge in [0, 0.05) is 37.3 Å². The van der Waals surface area contributed by atoms with Crippen LogP contribution in [0.2, 0.25) is 0 Å². The molecule has 0 unspecified atom stereocenters. The number of aliphatic hydroxyl groups is 1. The van der Waals surface area contributed by atoms with E-state index in [2.05, 4.69) is 80.4 Å². The summed E-state index contributed by atoms with van der Waals surface area (Å²) < 4.78 is 1.22. The third kappa shape index (κ3) is 6.96. The van der Waals surface area contributed by atoms with Crippen LogP contribution in [-0.2, 0) is 24.9 Å². The molecule has 2 heterocycles. The van der Waals surface area contributed by atoms with E-state index in [9.17, 15) is 4.79 Å². The molecule has 0 amide bonds. The topological polar surface area (TPSA) is 50.2 Å². The number of fused-ring (bicyclic) bond motifs is 1. The molecule has 0 aliphatic carbocycles. The minimum atomic E-state index is -0.125. The van der Waals surface area contributed by atoms with Crippen molar-refractivity contribution >= 4 is 27.2 Å². The summed E-state index contributed by atoms with van der Waals surface area (Å²) in [6.45, 7) is 9.16. The van der Waals surface area contributed by atoms with Gasteiger partial charge in [0.25, 0.3) is 0 Å². The van der Waals surface area contributed by atoms with Gasteiger partial charge in [-0.3, -0.25) is 4.79 Å². The van der Waals surface area contributed by atoms with E-state index in [1.165, 1.54) is 51.6 Å². The van der Waals surface area contributed by atoms with Crippen LogP contribution in [0.15, 0.2) is 66.6 Å². The number of aliphatic hydroxyl groups excluding tert-OH is 1. The minimum absolute atomic E-state index is 0. The number of benzene rings is 2. The van der Waals surface area contributed by atoms with Gasteiger partial charge in [0.15, 0.2) is 5.78 Å². The molecule has 32 heavy (non-hydrogen) atoms. The number of nitrogens with zero attached hydrogens (tertiary/aromatic N) is 1. The van der Waals surface area contributed by atoms with Crippen molar-refractivity contribution in [3.63, 3.8) is 0 Å². The number of hydrogen-bond acceptors (Lipinski definition) is 4. The number of carbonyl (C=O) groups excluding carboxylic acids is 1. The molecule has 0 saturated heterocycles. The Kier molecular flexibility index (Phi) is 9.09. The summed E-state index contributed by atoms with van der Waals surface area (Å²) in [6, 6.07) is 20.8. The molecule has 3 nitrogen and oxygen atoms in total. The second-order valence-corrected chi connectivity index (χ2v) is 8.82. The number of allylic oxidation sites excluding steroid dienone is 2. The summed E-state index contributed by atoms with van der Waals surface area (Å²) in [6.07, 6.45) is 3.15. The number of carbonyl (C=O) groups is 1. The molecule has 1 N–H and O–H groups in total. The smallest absolute Gasteiger partial charge is 0.155 e. The molecule has 0 saturated carbocycles. The van der Waals surface area contributed by atoms with E-state index >= 15 is 0 Å².